The molecular formula is C18H30N2. The largest absolute Gasteiger partial charge is 0.313 e. The van der Waals surface area contributed by atoms with Crippen molar-refractivity contribution < 1.29 is 0 Å². The number of hydrogen-bond acceptors (Lipinski definition) is 2. The van der Waals surface area contributed by atoms with Crippen molar-refractivity contribution in [2.45, 2.75) is 52.6 Å². The van der Waals surface area contributed by atoms with Crippen molar-refractivity contribution >= 4 is 0 Å². The number of nitrogens with zero attached hydrogens (tertiary/aromatic N) is 1. The van der Waals surface area contributed by atoms with E-state index >= 15 is 0 Å². The second-order valence-corrected chi connectivity index (χ2v) is 6.10. The molecule has 2 nitrogen and oxygen atoms in total. The summed E-state index contributed by atoms with van der Waals surface area (Å²) in [7, 11) is 0. The van der Waals surface area contributed by atoms with Crippen molar-refractivity contribution in [3.05, 3.63) is 35.4 Å². The molecule has 0 bridgehead atoms. The summed E-state index contributed by atoms with van der Waals surface area (Å²) in [6.45, 7) is 10.3. The molecule has 0 amide bonds. The summed E-state index contributed by atoms with van der Waals surface area (Å²) in [5, 5.41) is 3.53. The Morgan fingerprint density at radius 2 is 2.00 bits per heavy atom. The zero-order chi connectivity index (χ0) is 14.2. The van der Waals surface area contributed by atoms with Gasteiger partial charge >= 0.3 is 0 Å². The second-order valence-electron chi connectivity index (χ2n) is 6.10. The molecule has 1 unspecified atom stereocenters. The molecule has 20 heavy (non-hydrogen) atoms. The number of likely N-dealkylation sites (tertiary alicyclic amines) is 1. The van der Waals surface area contributed by atoms with Crippen LogP contribution in [0.1, 0.15) is 50.7 Å². The molecule has 0 radical (unpaired) electrons. The van der Waals surface area contributed by atoms with Crippen molar-refractivity contribution in [3.8, 4) is 0 Å². The summed E-state index contributed by atoms with van der Waals surface area (Å²) in [4.78, 5) is 2.65. The van der Waals surface area contributed by atoms with E-state index in [1.807, 2.05) is 0 Å². The lowest BCUT2D eigenvalue weighted by Gasteiger charge is -2.32. The monoisotopic (exact) mass is 274 g/mol. The van der Waals surface area contributed by atoms with E-state index in [9.17, 15) is 0 Å². The van der Waals surface area contributed by atoms with Crippen LogP contribution < -0.4 is 5.32 Å². The molecule has 0 aliphatic carbocycles. The van der Waals surface area contributed by atoms with Gasteiger partial charge in [-0.2, -0.15) is 0 Å². The molecule has 0 aromatic heterocycles. The molecule has 1 fully saturated rings. The maximum atomic E-state index is 3.53. The fourth-order valence-corrected chi connectivity index (χ4v) is 3.15. The molecular weight excluding hydrogens is 244 g/mol. The van der Waals surface area contributed by atoms with Crippen LogP contribution in [0.3, 0.4) is 0 Å². The molecule has 1 aliphatic heterocycles. The highest BCUT2D eigenvalue weighted by atomic mass is 15.1. The lowest BCUT2D eigenvalue weighted by molar-refractivity contribution is 0.164. The SMILES string of the molecule is CCCNCc1ccccc1CN1CCCC(CC)C1. The van der Waals surface area contributed by atoms with Crippen molar-refractivity contribution in [3.63, 3.8) is 0 Å². The van der Waals surface area contributed by atoms with Crippen LogP contribution in [0.15, 0.2) is 24.3 Å². The average Bonchev–Trinajstić information content (AvgIpc) is 2.49. The molecule has 0 saturated carbocycles. The summed E-state index contributed by atoms with van der Waals surface area (Å²) >= 11 is 0. The molecule has 1 saturated heterocycles. The van der Waals surface area contributed by atoms with E-state index in [-0.39, 0.29) is 0 Å². The van der Waals surface area contributed by atoms with E-state index in [2.05, 4.69) is 48.3 Å². The first kappa shape index (κ1) is 15.5. The first-order valence-corrected chi connectivity index (χ1v) is 8.33. The molecule has 1 aliphatic rings. The molecule has 1 aromatic rings. The van der Waals surface area contributed by atoms with Crippen molar-refractivity contribution in [2.75, 3.05) is 19.6 Å². The van der Waals surface area contributed by atoms with E-state index < -0.39 is 0 Å². The minimum atomic E-state index is 0.911. The van der Waals surface area contributed by atoms with Crippen LogP contribution in [0.25, 0.3) is 0 Å². The zero-order valence-electron chi connectivity index (χ0n) is 13.2. The Balaban J connectivity index is 1.94. The topological polar surface area (TPSA) is 15.3 Å². The number of piperidine rings is 1. The number of hydrogen-bond donors (Lipinski definition) is 1. The fraction of sp³-hybridized carbons (Fsp3) is 0.667. The fourth-order valence-electron chi connectivity index (χ4n) is 3.15. The van der Waals surface area contributed by atoms with E-state index in [0.29, 0.717) is 0 Å². The molecule has 1 N–H and O–H groups in total. The van der Waals surface area contributed by atoms with Crippen LogP contribution in [0, 0.1) is 5.92 Å². The number of nitrogens with one attached hydrogen (secondary N) is 1. The van der Waals surface area contributed by atoms with Crippen LogP contribution >= 0.6 is 0 Å². The minimum absolute atomic E-state index is 0.911. The molecule has 1 aromatic carbocycles. The van der Waals surface area contributed by atoms with Gasteiger partial charge in [0.2, 0.25) is 0 Å². The summed E-state index contributed by atoms with van der Waals surface area (Å²) in [5.41, 5.74) is 2.98. The molecule has 2 rings (SSSR count). The Labute approximate surface area is 124 Å². The van der Waals surface area contributed by atoms with Crippen LogP contribution in [-0.4, -0.2) is 24.5 Å². The molecule has 112 valence electrons. The van der Waals surface area contributed by atoms with Gasteiger partial charge < -0.3 is 5.32 Å². The number of rotatable bonds is 7. The average molecular weight is 274 g/mol. The third-order valence-electron chi connectivity index (χ3n) is 4.44. The van der Waals surface area contributed by atoms with Gasteiger partial charge in [-0.25, -0.2) is 0 Å². The first-order chi connectivity index (χ1) is 9.83. The highest BCUT2D eigenvalue weighted by Gasteiger charge is 2.18. The van der Waals surface area contributed by atoms with Gasteiger partial charge in [0.05, 0.1) is 0 Å². The van der Waals surface area contributed by atoms with E-state index in [0.717, 1.165) is 25.6 Å². The van der Waals surface area contributed by atoms with E-state index in [4.69, 9.17) is 0 Å². The number of benzene rings is 1. The van der Waals surface area contributed by atoms with Gasteiger partial charge in [0.25, 0.3) is 0 Å². The Morgan fingerprint density at radius 1 is 1.20 bits per heavy atom. The molecule has 0 spiro atoms. The maximum Gasteiger partial charge on any atom is 0.0237 e. The summed E-state index contributed by atoms with van der Waals surface area (Å²) in [6.07, 6.45) is 5.32. The van der Waals surface area contributed by atoms with Gasteiger partial charge in [-0.15, -0.1) is 0 Å². The van der Waals surface area contributed by atoms with Crippen LogP contribution in [0.4, 0.5) is 0 Å². The highest BCUT2D eigenvalue weighted by molar-refractivity contribution is 5.27. The Hall–Kier alpha value is -0.860. The van der Waals surface area contributed by atoms with Crippen LogP contribution in [0.2, 0.25) is 0 Å². The van der Waals surface area contributed by atoms with Gasteiger partial charge in [-0.1, -0.05) is 44.5 Å². The normalized spacial score (nSPS) is 20.2. The Bertz CT molecular complexity index is 389. The second kappa shape index (κ2) is 8.43. The summed E-state index contributed by atoms with van der Waals surface area (Å²) in [6, 6.07) is 8.93. The first-order valence-electron chi connectivity index (χ1n) is 8.33. The third kappa shape index (κ3) is 4.60. The summed E-state index contributed by atoms with van der Waals surface area (Å²) < 4.78 is 0. The van der Waals surface area contributed by atoms with Gasteiger partial charge in [0.1, 0.15) is 0 Å². The predicted octanol–water partition coefficient (Wildman–Crippen LogP) is 3.81. The van der Waals surface area contributed by atoms with E-state index in [1.165, 1.54) is 49.9 Å². The molecule has 2 heteroatoms. The van der Waals surface area contributed by atoms with Crippen LogP contribution in [0.5, 0.6) is 0 Å². The van der Waals surface area contributed by atoms with Gasteiger partial charge in [0.15, 0.2) is 0 Å². The van der Waals surface area contributed by atoms with Gasteiger partial charge in [-0.05, 0) is 49.4 Å². The standard InChI is InChI=1S/C18H30N2/c1-3-11-19-13-17-9-5-6-10-18(17)15-20-12-7-8-16(4-2)14-20/h5-6,9-10,16,19H,3-4,7-8,11-15H2,1-2H3. The Morgan fingerprint density at radius 3 is 2.75 bits per heavy atom. The van der Waals surface area contributed by atoms with Crippen molar-refractivity contribution in [1.29, 1.82) is 0 Å². The predicted molar refractivity (Wildman–Crippen MR) is 86.7 cm³/mol. The minimum Gasteiger partial charge on any atom is -0.313 e. The van der Waals surface area contributed by atoms with Gasteiger partial charge in [0, 0.05) is 19.6 Å². The van der Waals surface area contributed by atoms with E-state index in [1.54, 1.807) is 0 Å². The highest BCUT2D eigenvalue weighted by Crippen LogP contribution is 2.21. The smallest absolute Gasteiger partial charge is 0.0237 e. The zero-order valence-corrected chi connectivity index (χ0v) is 13.2. The molecule has 1 atom stereocenters. The lowest BCUT2D eigenvalue weighted by atomic mass is 9.95. The quantitative estimate of drug-likeness (QED) is 0.761. The lowest BCUT2D eigenvalue weighted by Crippen LogP contribution is -2.35. The Kier molecular flexibility index (Phi) is 6.55. The van der Waals surface area contributed by atoms with Crippen molar-refractivity contribution in [1.82, 2.24) is 10.2 Å². The van der Waals surface area contributed by atoms with Gasteiger partial charge in [-0.3, -0.25) is 4.90 Å². The van der Waals surface area contributed by atoms with Crippen LogP contribution in [-0.2, 0) is 13.1 Å². The maximum absolute atomic E-state index is 3.53. The molecule has 1 heterocycles. The summed E-state index contributed by atoms with van der Waals surface area (Å²) in [5.74, 6) is 0.911. The third-order valence-corrected chi connectivity index (χ3v) is 4.44. The van der Waals surface area contributed by atoms with Crippen molar-refractivity contribution in [2.24, 2.45) is 5.92 Å².